The summed E-state index contributed by atoms with van der Waals surface area (Å²) in [6.07, 6.45) is 6.00. The van der Waals surface area contributed by atoms with Gasteiger partial charge in [-0.25, -0.2) is 0 Å². The molecule has 1 saturated heterocycles. The van der Waals surface area contributed by atoms with E-state index in [1.165, 1.54) is 19.3 Å². The van der Waals surface area contributed by atoms with Crippen LogP contribution in [0.15, 0.2) is 24.3 Å². The summed E-state index contributed by atoms with van der Waals surface area (Å²) in [5.74, 6) is 6.38. The van der Waals surface area contributed by atoms with Crippen LogP contribution in [-0.2, 0) is 4.74 Å². The van der Waals surface area contributed by atoms with E-state index >= 15 is 0 Å². The molecule has 0 aliphatic carbocycles. The number of benzene rings is 1. The standard InChI is InChI=1S/C18H25NO2/c19-12-11-18(20)16-8-5-7-15(14-16)6-1-2-9-17-10-3-4-13-21-17/h5,7-8,14,17-18,20H,2-4,9-13,19H2. The third kappa shape index (κ3) is 5.51. The maximum absolute atomic E-state index is 9.94. The molecule has 1 heterocycles. The molecule has 1 aliphatic rings. The van der Waals surface area contributed by atoms with E-state index in [4.69, 9.17) is 10.5 Å². The van der Waals surface area contributed by atoms with Gasteiger partial charge in [0.2, 0.25) is 0 Å². The quantitative estimate of drug-likeness (QED) is 0.819. The first-order valence-electron chi connectivity index (χ1n) is 7.88. The van der Waals surface area contributed by atoms with E-state index in [0.717, 1.165) is 30.6 Å². The predicted octanol–water partition coefficient (Wildman–Crippen LogP) is 2.77. The lowest BCUT2D eigenvalue weighted by molar-refractivity contribution is 0.0122. The number of rotatable bonds is 5. The van der Waals surface area contributed by atoms with Gasteiger partial charge in [0, 0.05) is 18.6 Å². The maximum Gasteiger partial charge on any atom is 0.0802 e. The van der Waals surface area contributed by atoms with Gasteiger partial charge in [-0.1, -0.05) is 24.0 Å². The van der Waals surface area contributed by atoms with Crippen LogP contribution < -0.4 is 5.73 Å². The third-order valence-corrected chi connectivity index (χ3v) is 3.81. The molecule has 21 heavy (non-hydrogen) atoms. The predicted molar refractivity (Wildman–Crippen MR) is 84.8 cm³/mol. The van der Waals surface area contributed by atoms with E-state index in [2.05, 4.69) is 11.8 Å². The van der Waals surface area contributed by atoms with Gasteiger partial charge in [0.05, 0.1) is 12.2 Å². The topological polar surface area (TPSA) is 55.5 Å². The molecule has 1 aromatic carbocycles. The van der Waals surface area contributed by atoms with Crippen molar-refractivity contribution >= 4 is 0 Å². The highest BCUT2D eigenvalue weighted by Gasteiger charge is 2.12. The molecule has 114 valence electrons. The van der Waals surface area contributed by atoms with Crippen molar-refractivity contribution in [1.82, 2.24) is 0 Å². The molecule has 3 N–H and O–H groups in total. The molecule has 1 fully saturated rings. The SMILES string of the molecule is NCCC(O)c1cccc(C#CCCC2CCCCO2)c1. The second-order valence-corrected chi connectivity index (χ2v) is 5.55. The Morgan fingerprint density at radius 3 is 3.05 bits per heavy atom. The molecule has 2 atom stereocenters. The third-order valence-electron chi connectivity index (χ3n) is 3.81. The summed E-state index contributed by atoms with van der Waals surface area (Å²) in [7, 11) is 0. The summed E-state index contributed by atoms with van der Waals surface area (Å²) in [6, 6.07) is 7.78. The highest BCUT2D eigenvalue weighted by molar-refractivity contribution is 5.37. The summed E-state index contributed by atoms with van der Waals surface area (Å²) >= 11 is 0. The van der Waals surface area contributed by atoms with Crippen LogP contribution in [0.4, 0.5) is 0 Å². The zero-order valence-corrected chi connectivity index (χ0v) is 12.6. The van der Waals surface area contributed by atoms with Crippen molar-refractivity contribution in [2.45, 2.75) is 50.7 Å². The fraction of sp³-hybridized carbons (Fsp3) is 0.556. The Balaban J connectivity index is 1.85. The van der Waals surface area contributed by atoms with Crippen LogP contribution in [0.3, 0.4) is 0 Å². The number of aliphatic hydroxyl groups is 1. The molecule has 0 amide bonds. The maximum atomic E-state index is 9.94. The minimum Gasteiger partial charge on any atom is -0.388 e. The van der Waals surface area contributed by atoms with Gasteiger partial charge in [0.15, 0.2) is 0 Å². The lowest BCUT2D eigenvalue weighted by Gasteiger charge is -2.21. The van der Waals surface area contributed by atoms with E-state index in [1.54, 1.807) is 0 Å². The fourth-order valence-corrected chi connectivity index (χ4v) is 2.58. The first-order valence-corrected chi connectivity index (χ1v) is 7.88. The van der Waals surface area contributed by atoms with Gasteiger partial charge in [-0.15, -0.1) is 0 Å². The molecule has 1 aromatic rings. The molecular weight excluding hydrogens is 262 g/mol. The molecule has 3 nitrogen and oxygen atoms in total. The van der Waals surface area contributed by atoms with Crippen LogP contribution in [0, 0.1) is 11.8 Å². The zero-order valence-electron chi connectivity index (χ0n) is 12.6. The second kappa shape index (κ2) is 8.84. The van der Waals surface area contributed by atoms with Crippen LogP contribution in [-0.4, -0.2) is 24.4 Å². The first kappa shape index (κ1) is 16.0. The molecule has 0 bridgehead atoms. The minimum absolute atomic E-state index is 0.394. The van der Waals surface area contributed by atoms with E-state index < -0.39 is 6.10 Å². The summed E-state index contributed by atoms with van der Waals surface area (Å²) in [4.78, 5) is 0. The van der Waals surface area contributed by atoms with E-state index in [-0.39, 0.29) is 0 Å². The van der Waals surface area contributed by atoms with E-state index in [0.29, 0.717) is 19.1 Å². The van der Waals surface area contributed by atoms with Crippen molar-refractivity contribution in [3.05, 3.63) is 35.4 Å². The molecular formula is C18H25NO2. The number of hydrogen-bond acceptors (Lipinski definition) is 3. The van der Waals surface area contributed by atoms with Crippen molar-refractivity contribution in [2.24, 2.45) is 5.73 Å². The molecule has 1 aliphatic heterocycles. The van der Waals surface area contributed by atoms with Crippen molar-refractivity contribution in [3.8, 4) is 11.8 Å². The van der Waals surface area contributed by atoms with Gasteiger partial charge in [-0.3, -0.25) is 0 Å². The number of hydrogen-bond donors (Lipinski definition) is 2. The van der Waals surface area contributed by atoms with Crippen LogP contribution in [0.2, 0.25) is 0 Å². The highest BCUT2D eigenvalue weighted by atomic mass is 16.5. The van der Waals surface area contributed by atoms with Gasteiger partial charge in [0.25, 0.3) is 0 Å². The largest absolute Gasteiger partial charge is 0.388 e. The Morgan fingerprint density at radius 2 is 2.29 bits per heavy atom. The Labute approximate surface area is 127 Å². The van der Waals surface area contributed by atoms with Crippen molar-refractivity contribution in [1.29, 1.82) is 0 Å². The minimum atomic E-state index is -0.493. The monoisotopic (exact) mass is 287 g/mol. The van der Waals surface area contributed by atoms with Crippen molar-refractivity contribution < 1.29 is 9.84 Å². The Bertz CT molecular complexity index is 483. The van der Waals surface area contributed by atoms with Gasteiger partial charge >= 0.3 is 0 Å². The van der Waals surface area contributed by atoms with Gasteiger partial charge < -0.3 is 15.6 Å². The lowest BCUT2D eigenvalue weighted by atomic mass is 10.0. The molecule has 0 saturated carbocycles. The lowest BCUT2D eigenvalue weighted by Crippen LogP contribution is -2.18. The molecule has 0 spiro atoms. The van der Waals surface area contributed by atoms with Crippen molar-refractivity contribution in [3.63, 3.8) is 0 Å². The molecule has 0 aromatic heterocycles. The Kier molecular flexibility index (Phi) is 6.75. The van der Waals surface area contributed by atoms with Crippen LogP contribution in [0.1, 0.15) is 55.8 Å². The van der Waals surface area contributed by atoms with Crippen LogP contribution in [0.5, 0.6) is 0 Å². The van der Waals surface area contributed by atoms with Crippen molar-refractivity contribution in [2.75, 3.05) is 13.2 Å². The van der Waals surface area contributed by atoms with Crippen LogP contribution >= 0.6 is 0 Å². The summed E-state index contributed by atoms with van der Waals surface area (Å²) in [6.45, 7) is 1.39. The average molecular weight is 287 g/mol. The Hall–Kier alpha value is -1.34. The first-order chi connectivity index (χ1) is 10.3. The highest BCUT2D eigenvalue weighted by Crippen LogP contribution is 2.18. The summed E-state index contributed by atoms with van der Waals surface area (Å²) in [5.41, 5.74) is 7.32. The van der Waals surface area contributed by atoms with E-state index in [9.17, 15) is 5.11 Å². The van der Waals surface area contributed by atoms with Gasteiger partial charge in [0.1, 0.15) is 0 Å². The normalized spacial score (nSPS) is 19.6. The average Bonchev–Trinajstić information content (AvgIpc) is 2.53. The summed E-state index contributed by atoms with van der Waals surface area (Å²) < 4.78 is 5.70. The Morgan fingerprint density at radius 1 is 1.38 bits per heavy atom. The molecule has 2 rings (SSSR count). The molecule has 3 heteroatoms. The van der Waals surface area contributed by atoms with Crippen LogP contribution in [0.25, 0.3) is 0 Å². The summed E-state index contributed by atoms with van der Waals surface area (Å²) in [5, 5.41) is 9.94. The van der Waals surface area contributed by atoms with Gasteiger partial charge in [-0.05, 0) is 56.3 Å². The molecule has 2 unspecified atom stereocenters. The zero-order chi connectivity index (χ0) is 14.9. The smallest absolute Gasteiger partial charge is 0.0802 e. The number of nitrogens with two attached hydrogens (primary N) is 1. The number of aliphatic hydroxyl groups excluding tert-OH is 1. The number of ether oxygens (including phenoxy) is 1. The van der Waals surface area contributed by atoms with Gasteiger partial charge in [-0.2, -0.15) is 0 Å². The molecule has 0 radical (unpaired) electrons. The van der Waals surface area contributed by atoms with E-state index in [1.807, 2.05) is 24.3 Å². The fourth-order valence-electron chi connectivity index (χ4n) is 2.58. The second-order valence-electron chi connectivity index (χ2n) is 5.55.